The molecule has 0 unspecified atom stereocenters. The van der Waals surface area contributed by atoms with Gasteiger partial charge in [0.1, 0.15) is 0 Å². The maximum absolute atomic E-state index is 10.4. The lowest BCUT2D eigenvalue weighted by Crippen LogP contribution is -1.85. The van der Waals surface area contributed by atoms with Gasteiger partial charge in [-0.2, -0.15) is 0 Å². The minimum absolute atomic E-state index is 0.0295. The predicted molar refractivity (Wildman–Crippen MR) is 50.6 cm³/mol. The van der Waals surface area contributed by atoms with E-state index in [0.717, 1.165) is 0 Å². The van der Waals surface area contributed by atoms with Crippen LogP contribution >= 0.6 is 31.9 Å². The number of hydrogen-bond donors (Lipinski definition) is 2. The van der Waals surface area contributed by atoms with E-state index in [0.29, 0.717) is 15.2 Å². The van der Waals surface area contributed by atoms with E-state index in [1.807, 2.05) is 0 Å². The second kappa shape index (κ2) is 3.45. The molecule has 0 spiro atoms. The Kier molecular flexibility index (Phi) is 2.74. The number of carbonyl (C=O) groups is 1. The highest BCUT2D eigenvalue weighted by Crippen LogP contribution is 2.38. The molecule has 0 saturated heterocycles. The Morgan fingerprint density at radius 3 is 2.42 bits per heavy atom. The molecule has 5 heteroatoms. The first-order chi connectivity index (χ1) is 5.57. The predicted octanol–water partition coefficient (Wildman–Crippen LogP) is 2.44. The fourth-order valence-electron chi connectivity index (χ4n) is 0.730. The highest BCUT2D eigenvalue weighted by atomic mass is 79.9. The fraction of sp³-hybridized carbons (Fsp3) is 0. The Balaban J connectivity index is 3.52. The molecular weight excluding hydrogens is 292 g/mol. The number of aromatic hydroxyl groups is 2. The van der Waals surface area contributed by atoms with Gasteiger partial charge < -0.3 is 10.2 Å². The molecule has 1 rings (SSSR count). The first-order valence-corrected chi connectivity index (χ1v) is 4.51. The van der Waals surface area contributed by atoms with E-state index in [9.17, 15) is 9.90 Å². The molecule has 0 aromatic heterocycles. The smallest absolute Gasteiger partial charge is 0.169 e. The Labute approximate surface area is 85.3 Å². The molecule has 0 atom stereocenters. The Morgan fingerprint density at radius 1 is 1.33 bits per heavy atom. The number of phenols is 2. The summed E-state index contributed by atoms with van der Waals surface area (Å²) in [4.78, 5) is 10.4. The first-order valence-electron chi connectivity index (χ1n) is 2.93. The van der Waals surface area contributed by atoms with E-state index in [-0.39, 0.29) is 11.3 Å². The van der Waals surface area contributed by atoms with Gasteiger partial charge in [-0.3, -0.25) is 4.79 Å². The summed E-state index contributed by atoms with van der Waals surface area (Å²) in [5, 5.41) is 18.2. The minimum Gasteiger partial charge on any atom is -0.504 e. The number of rotatable bonds is 1. The Bertz CT molecular complexity index is 310. The van der Waals surface area contributed by atoms with Gasteiger partial charge >= 0.3 is 0 Å². The summed E-state index contributed by atoms with van der Waals surface area (Å²) in [7, 11) is 0. The summed E-state index contributed by atoms with van der Waals surface area (Å²) in [6.07, 6.45) is 0.462. The van der Waals surface area contributed by atoms with Crippen LogP contribution in [-0.2, 0) is 0 Å². The van der Waals surface area contributed by atoms with Crippen molar-refractivity contribution in [1.82, 2.24) is 0 Å². The van der Waals surface area contributed by atoms with Crippen LogP contribution in [0, 0.1) is 0 Å². The van der Waals surface area contributed by atoms with Gasteiger partial charge in [0.2, 0.25) is 0 Å². The molecule has 0 heterocycles. The van der Waals surface area contributed by atoms with Crippen molar-refractivity contribution in [3.63, 3.8) is 0 Å². The van der Waals surface area contributed by atoms with Crippen LogP contribution in [0.1, 0.15) is 10.4 Å². The molecule has 64 valence electrons. The molecule has 1 aromatic carbocycles. The summed E-state index contributed by atoms with van der Waals surface area (Å²) < 4.78 is 0.938. The highest BCUT2D eigenvalue weighted by Gasteiger charge is 2.13. The molecule has 0 aliphatic carbocycles. The molecule has 0 saturated carbocycles. The van der Waals surface area contributed by atoms with Crippen LogP contribution in [0.15, 0.2) is 15.0 Å². The molecule has 0 radical (unpaired) electrons. The zero-order valence-electron chi connectivity index (χ0n) is 5.71. The molecule has 0 bridgehead atoms. The Morgan fingerprint density at radius 2 is 1.92 bits per heavy atom. The largest absolute Gasteiger partial charge is 0.504 e. The lowest BCUT2D eigenvalue weighted by atomic mass is 10.2. The van der Waals surface area contributed by atoms with Gasteiger partial charge in [0.25, 0.3) is 0 Å². The van der Waals surface area contributed by atoms with Crippen molar-refractivity contribution < 1.29 is 15.0 Å². The second-order valence-electron chi connectivity index (χ2n) is 2.07. The van der Waals surface area contributed by atoms with Crippen molar-refractivity contribution >= 4 is 38.1 Å². The lowest BCUT2D eigenvalue weighted by molar-refractivity contribution is 0.111. The van der Waals surface area contributed by atoms with E-state index < -0.39 is 5.75 Å². The zero-order chi connectivity index (χ0) is 9.30. The quantitative estimate of drug-likeness (QED) is 0.618. The van der Waals surface area contributed by atoms with E-state index in [1.165, 1.54) is 6.07 Å². The van der Waals surface area contributed by atoms with Crippen molar-refractivity contribution in [2.75, 3.05) is 0 Å². The van der Waals surface area contributed by atoms with Gasteiger partial charge in [-0.1, -0.05) is 0 Å². The minimum atomic E-state index is -0.417. The van der Waals surface area contributed by atoms with Crippen molar-refractivity contribution in [1.29, 1.82) is 0 Å². The molecular formula is C7H4Br2O3. The van der Waals surface area contributed by atoms with Crippen LogP contribution < -0.4 is 0 Å². The molecule has 0 aliphatic heterocycles. The molecule has 3 nitrogen and oxygen atoms in total. The van der Waals surface area contributed by atoms with Crippen LogP contribution in [0.3, 0.4) is 0 Å². The Hall–Kier alpha value is -0.550. The van der Waals surface area contributed by atoms with Gasteiger partial charge in [-0.15, -0.1) is 0 Å². The van der Waals surface area contributed by atoms with Gasteiger partial charge in [-0.25, -0.2) is 0 Å². The third-order valence-electron chi connectivity index (χ3n) is 1.33. The van der Waals surface area contributed by atoms with Crippen molar-refractivity contribution in [2.24, 2.45) is 0 Å². The second-order valence-corrected chi connectivity index (χ2v) is 3.72. The van der Waals surface area contributed by atoms with Gasteiger partial charge in [0.15, 0.2) is 17.8 Å². The number of aldehydes is 1. The van der Waals surface area contributed by atoms with Crippen molar-refractivity contribution in [2.45, 2.75) is 0 Å². The van der Waals surface area contributed by atoms with E-state index in [4.69, 9.17) is 5.11 Å². The summed E-state index contributed by atoms with van der Waals surface area (Å²) in [6.45, 7) is 0. The van der Waals surface area contributed by atoms with Crippen LogP contribution in [-0.4, -0.2) is 16.5 Å². The summed E-state index contributed by atoms with van der Waals surface area (Å²) in [6, 6.07) is 1.30. The highest BCUT2D eigenvalue weighted by molar-refractivity contribution is 9.13. The van der Waals surface area contributed by atoms with E-state index >= 15 is 0 Å². The van der Waals surface area contributed by atoms with Crippen LogP contribution in [0.4, 0.5) is 0 Å². The average Bonchev–Trinajstić information content (AvgIpc) is 2.02. The van der Waals surface area contributed by atoms with Crippen LogP contribution in [0.5, 0.6) is 11.5 Å². The fourth-order valence-corrected chi connectivity index (χ4v) is 1.56. The molecule has 1 aromatic rings. The number of halogens is 2. The molecule has 12 heavy (non-hydrogen) atoms. The number of hydrogen-bond acceptors (Lipinski definition) is 3. The topological polar surface area (TPSA) is 57.5 Å². The van der Waals surface area contributed by atoms with E-state index in [2.05, 4.69) is 31.9 Å². The molecule has 0 amide bonds. The number of benzene rings is 1. The maximum atomic E-state index is 10.4. The van der Waals surface area contributed by atoms with Crippen LogP contribution in [0.25, 0.3) is 0 Å². The third kappa shape index (κ3) is 1.47. The first kappa shape index (κ1) is 9.54. The average molecular weight is 296 g/mol. The molecule has 0 fully saturated rings. The van der Waals surface area contributed by atoms with Gasteiger partial charge in [0, 0.05) is 8.95 Å². The zero-order valence-corrected chi connectivity index (χ0v) is 8.89. The summed E-state index contributed by atoms with van der Waals surface area (Å²) in [5.41, 5.74) is 0.0295. The van der Waals surface area contributed by atoms with Gasteiger partial charge in [-0.05, 0) is 37.9 Å². The van der Waals surface area contributed by atoms with E-state index in [1.54, 1.807) is 0 Å². The lowest BCUT2D eigenvalue weighted by Gasteiger charge is -2.04. The standard InChI is InChI=1S/C7H4Br2O3/c8-4-1-5(11)7(12)3(2-10)6(4)9/h1-2,11-12H. The third-order valence-corrected chi connectivity index (χ3v) is 3.34. The summed E-state index contributed by atoms with van der Waals surface area (Å²) >= 11 is 6.17. The SMILES string of the molecule is O=Cc1c(O)c(O)cc(Br)c1Br. The van der Waals surface area contributed by atoms with Crippen LogP contribution in [0.2, 0.25) is 0 Å². The van der Waals surface area contributed by atoms with Gasteiger partial charge in [0.05, 0.1) is 5.56 Å². The number of carbonyl (C=O) groups excluding carboxylic acids is 1. The molecule has 0 aliphatic rings. The normalized spacial score (nSPS) is 9.83. The van der Waals surface area contributed by atoms with Crippen molar-refractivity contribution in [3.05, 3.63) is 20.6 Å². The number of phenolic OH excluding ortho intramolecular Hbond substituents is 2. The summed E-state index contributed by atoms with van der Waals surface area (Å²) in [5.74, 6) is -0.743. The molecule has 2 N–H and O–H groups in total. The van der Waals surface area contributed by atoms with Crippen molar-refractivity contribution in [3.8, 4) is 11.5 Å². The monoisotopic (exact) mass is 294 g/mol. The maximum Gasteiger partial charge on any atom is 0.169 e.